The molecule has 0 aliphatic carbocycles. The molecule has 0 atom stereocenters. The summed E-state index contributed by atoms with van der Waals surface area (Å²) in [7, 11) is 0. The Morgan fingerprint density at radius 1 is 0.452 bits per heavy atom. The van der Waals surface area contributed by atoms with E-state index in [1.54, 1.807) is 0 Å². The van der Waals surface area contributed by atoms with Crippen molar-refractivity contribution in [1.82, 2.24) is 9.38 Å². The van der Waals surface area contributed by atoms with Crippen molar-refractivity contribution < 1.29 is 0 Å². The van der Waals surface area contributed by atoms with Crippen molar-refractivity contribution in [3.8, 4) is 33.4 Å². The van der Waals surface area contributed by atoms with E-state index < -0.39 is 0 Å². The first kappa shape index (κ1) is 23.5. The predicted octanol–water partition coefficient (Wildman–Crippen LogP) is 11.0. The molecule has 0 N–H and O–H groups in total. The lowest BCUT2D eigenvalue weighted by atomic mass is 9.96. The zero-order valence-corrected chi connectivity index (χ0v) is 23.5. The molecule has 0 saturated heterocycles. The first-order valence-corrected chi connectivity index (χ1v) is 15.0. The lowest BCUT2D eigenvalue weighted by molar-refractivity contribution is 1.27. The monoisotopic (exact) mass is 552 g/mol. The van der Waals surface area contributed by atoms with E-state index in [2.05, 4.69) is 149 Å². The van der Waals surface area contributed by atoms with Gasteiger partial charge in [-0.25, -0.2) is 4.98 Å². The van der Waals surface area contributed by atoms with Crippen LogP contribution < -0.4 is 0 Å². The molecule has 0 bridgehead atoms. The Kier molecular flexibility index (Phi) is 5.10. The minimum absolute atomic E-state index is 1.000. The van der Waals surface area contributed by atoms with Crippen molar-refractivity contribution in [3.63, 3.8) is 0 Å². The number of pyridine rings is 1. The van der Waals surface area contributed by atoms with Gasteiger partial charge in [0.25, 0.3) is 0 Å². The Hall–Kier alpha value is -5.25. The number of thiophene rings is 1. The molecule has 0 aliphatic heterocycles. The van der Waals surface area contributed by atoms with Gasteiger partial charge in [-0.2, -0.15) is 0 Å². The fraction of sp³-hybridized carbons (Fsp3) is 0. The van der Waals surface area contributed by atoms with Crippen LogP contribution in [-0.2, 0) is 0 Å². The third-order valence-electron chi connectivity index (χ3n) is 8.47. The molecule has 0 amide bonds. The SMILES string of the molecule is c1ccc(-c2cccc3c2sc2c(-c4cccc(-c5ccc6c(c5)c5ccccc5c5nccn65)c4)cccc23)cc1. The van der Waals surface area contributed by atoms with Gasteiger partial charge in [0.15, 0.2) is 0 Å². The van der Waals surface area contributed by atoms with E-state index in [9.17, 15) is 0 Å². The third-order valence-corrected chi connectivity index (χ3v) is 9.76. The van der Waals surface area contributed by atoms with Gasteiger partial charge < -0.3 is 0 Å². The fourth-order valence-electron chi connectivity index (χ4n) is 6.51. The number of hydrogen-bond donors (Lipinski definition) is 0. The Labute approximate surface area is 246 Å². The average Bonchev–Trinajstić information content (AvgIpc) is 3.71. The largest absolute Gasteiger partial charge is 0.299 e. The number of imidazole rings is 1. The van der Waals surface area contributed by atoms with Gasteiger partial charge in [0.05, 0.1) is 5.52 Å². The Morgan fingerprint density at radius 2 is 1.07 bits per heavy atom. The van der Waals surface area contributed by atoms with Crippen LogP contribution in [0.3, 0.4) is 0 Å². The number of hydrogen-bond acceptors (Lipinski definition) is 2. The van der Waals surface area contributed by atoms with Gasteiger partial charge in [-0.05, 0) is 57.0 Å². The van der Waals surface area contributed by atoms with E-state index in [0.717, 1.165) is 5.65 Å². The van der Waals surface area contributed by atoms with Crippen molar-refractivity contribution in [2.45, 2.75) is 0 Å². The molecule has 0 spiro atoms. The van der Waals surface area contributed by atoms with Crippen LogP contribution in [0.25, 0.3) is 80.9 Å². The summed E-state index contributed by atoms with van der Waals surface area (Å²) in [5.74, 6) is 0. The summed E-state index contributed by atoms with van der Waals surface area (Å²) >= 11 is 1.90. The van der Waals surface area contributed by atoms with Crippen LogP contribution in [0.15, 0.2) is 146 Å². The molecular weight excluding hydrogens is 529 g/mol. The molecule has 3 aromatic heterocycles. The number of nitrogens with zero attached hydrogens (tertiary/aromatic N) is 2. The van der Waals surface area contributed by atoms with Crippen LogP contribution >= 0.6 is 11.3 Å². The molecule has 0 unspecified atom stereocenters. The van der Waals surface area contributed by atoms with E-state index in [1.165, 1.54) is 75.2 Å². The highest BCUT2D eigenvalue weighted by atomic mass is 32.1. The smallest absolute Gasteiger partial charge is 0.145 e. The lowest BCUT2D eigenvalue weighted by Crippen LogP contribution is -1.91. The summed E-state index contributed by atoms with van der Waals surface area (Å²) in [5.41, 5.74) is 9.67. The van der Waals surface area contributed by atoms with Gasteiger partial charge in [0, 0.05) is 43.3 Å². The first-order valence-electron chi connectivity index (χ1n) is 14.2. The summed E-state index contributed by atoms with van der Waals surface area (Å²) in [4.78, 5) is 4.65. The van der Waals surface area contributed by atoms with Crippen LogP contribution in [0.5, 0.6) is 0 Å². The molecule has 196 valence electrons. The maximum absolute atomic E-state index is 4.65. The minimum atomic E-state index is 1.000. The lowest BCUT2D eigenvalue weighted by Gasteiger charge is -2.11. The number of fused-ring (bicyclic) bond motifs is 9. The highest BCUT2D eigenvalue weighted by Gasteiger charge is 2.15. The molecule has 42 heavy (non-hydrogen) atoms. The van der Waals surface area contributed by atoms with Gasteiger partial charge >= 0.3 is 0 Å². The van der Waals surface area contributed by atoms with Crippen LogP contribution in [-0.4, -0.2) is 9.38 Å². The molecule has 2 nitrogen and oxygen atoms in total. The van der Waals surface area contributed by atoms with E-state index in [0.29, 0.717) is 0 Å². The molecule has 9 aromatic rings. The Bertz CT molecular complexity index is 2470. The van der Waals surface area contributed by atoms with Crippen molar-refractivity contribution in [1.29, 1.82) is 0 Å². The molecule has 3 heterocycles. The standard InChI is InChI=1S/C39H24N2S/c1-2-9-25(10-3-1)29-15-7-17-32-33-18-8-16-30(38(33)42-37(29)32)28-12-6-11-26(23-28)27-19-20-36-35(24-27)31-13-4-5-14-34(31)39-40-21-22-41(36)39/h1-24H. The summed E-state index contributed by atoms with van der Waals surface area (Å²) in [5, 5.41) is 6.28. The summed E-state index contributed by atoms with van der Waals surface area (Å²) < 4.78 is 4.87. The summed E-state index contributed by atoms with van der Waals surface area (Å²) in [6.07, 6.45) is 3.94. The van der Waals surface area contributed by atoms with Gasteiger partial charge in [0.2, 0.25) is 0 Å². The van der Waals surface area contributed by atoms with Crippen molar-refractivity contribution in [2.75, 3.05) is 0 Å². The van der Waals surface area contributed by atoms with E-state index in [1.807, 2.05) is 17.5 Å². The molecular formula is C39H24N2S. The quantitative estimate of drug-likeness (QED) is 0.199. The maximum atomic E-state index is 4.65. The van der Waals surface area contributed by atoms with Crippen LogP contribution in [0.2, 0.25) is 0 Å². The first-order chi connectivity index (χ1) is 20.8. The highest BCUT2D eigenvalue weighted by Crippen LogP contribution is 2.44. The predicted molar refractivity (Wildman–Crippen MR) is 179 cm³/mol. The second-order valence-electron chi connectivity index (χ2n) is 10.8. The van der Waals surface area contributed by atoms with Crippen molar-refractivity contribution in [2.24, 2.45) is 0 Å². The van der Waals surface area contributed by atoms with Crippen LogP contribution in [0.1, 0.15) is 0 Å². The molecule has 3 heteroatoms. The summed E-state index contributed by atoms with van der Waals surface area (Å²) in [6, 6.07) is 48.5. The summed E-state index contributed by atoms with van der Waals surface area (Å²) in [6.45, 7) is 0. The molecule has 0 radical (unpaired) electrons. The van der Waals surface area contributed by atoms with Gasteiger partial charge in [-0.1, -0.05) is 115 Å². The van der Waals surface area contributed by atoms with E-state index >= 15 is 0 Å². The number of aromatic nitrogens is 2. The minimum Gasteiger partial charge on any atom is -0.299 e. The number of benzene rings is 6. The zero-order valence-electron chi connectivity index (χ0n) is 22.7. The van der Waals surface area contributed by atoms with Crippen LogP contribution in [0, 0.1) is 0 Å². The van der Waals surface area contributed by atoms with Crippen molar-refractivity contribution >= 4 is 58.8 Å². The van der Waals surface area contributed by atoms with Gasteiger partial charge in [0.1, 0.15) is 5.65 Å². The van der Waals surface area contributed by atoms with E-state index in [-0.39, 0.29) is 0 Å². The van der Waals surface area contributed by atoms with Crippen molar-refractivity contribution in [3.05, 3.63) is 146 Å². The third kappa shape index (κ3) is 3.47. The fourth-order valence-corrected chi connectivity index (χ4v) is 7.88. The molecule has 6 aromatic carbocycles. The van der Waals surface area contributed by atoms with Gasteiger partial charge in [-0.15, -0.1) is 11.3 Å². The molecule has 0 fully saturated rings. The topological polar surface area (TPSA) is 17.3 Å². The Balaban J connectivity index is 1.22. The van der Waals surface area contributed by atoms with Crippen LogP contribution in [0.4, 0.5) is 0 Å². The number of rotatable bonds is 3. The maximum Gasteiger partial charge on any atom is 0.145 e. The average molecular weight is 553 g/mol. The normalized spacial score (nSPS) is 11.8. The molecule has 0 aliphatic rings. The highest BCUT2D eigenvalue weighted by molar-refractivity contribution is 7.26. The second kappa shape index (κ2) is 9.13. The second-order valence-corrected chi connectivity index (χ2v) is 11.8. The van der Waals surface area contributed by atoms with Gasteiger partial charge in [-0.3, -0.25) is 4.40 Å². The van der Waals surface area contributed by atoms with E-state index in [4.69, 9.17) is 0 Å². The zero-order chi connectivity index (χ0) is 27.6. The molecule has 0 saturated carbocycles. The Morgan fingerprint density at radius 3 is 1.88 bits per heavy atom. The molecule has 9 rings (SSSR count).